The van der Waals surface area contributed by atoms with E-state index in [-0.39, 0.29) is 41.6 Å². The van der Waals surface area contributed by atoms with Gasteiger partial charge in [0.1, 0.15) is 11.5 Å². The Balaban J connectivity index is 0.000000456. The average Bonchev–Trinajstić information content (AvgIpc) is 3.79. The van der Waals surface area contributed by atoms with Gasteiger partial charge in [0.05, 0.1) is 24.3 Å². The van der Waals surface area contributed by atoms with E-state index in [0.29, 0.717) is 44.1 Å². The van der Waals surface area contributed by atoms with E-state index in [1.165, 1.54) is 6.42 Å². The van der Waals surface area contributed by atoms with Crippen LogP contribution in [0, 0.1) is 23.7 Å². The van der Waals surface area contributed by atoms with Gasteiger partial charge in [0.15, 0.2) is 5.60 Å². The molecule has 0 radical (unpaired) electrons. The van der Waals surface area contributed by atoms with Gasteiger partial charge < -0.3 is 29.3 Å². The van der Waals surface area contributed by atoms with E-state index in [4.69, 9.17) is 14.2 Å². The molecule has 1 N–H and O–H groups in total. The lowest BCUT2D eigenvalue weighted by molar-refractivity contribution is -0.133. The van der Waals surface area contributed by atoms with Gasteiger partial charge >= 0.3 is 0 Å². The first kappa shape index (κ1) is 36.0. The first-order chi connectivity index (χ1) is 20.7. The van der Waals surface area contributed by atoms with Gasteiger partial charge in [-0.15, -0.1) is 0 Å². The number of nitrogens with one attached hydrogen (secondary N) is 1. The molecule has 1 saturated heterocycles. The Morgan fingerprint density at radius 2 is 1.80 bits per heavy atom. The predicted molar refractivity (Wildman–Crippen MR) is 175 cm³/mol. The summed E-state index contributed by atoms with van der Waals surface area (Å²) in [5.74, 6) is 1.80. The molecule has 248 valence electrons. The van der Waals surface area contributed by atoms with Gasteiger partial charge in [-0.25, -0.2) is 0 Å². The molecule has 2 heterocycles. The van der Waals surface area contributed by atoms with Crippen LogP contribution in [-0.2, 0) is 23.9 Å². The Morgan fingerprint density at radius 3 is 2.39 bits per heavy atom. The number of amides is 2. The SMILES string of the molecule is CC(=O)[C@@H]1CNC[C@H](C(=O)N(c2ccc3c(c2)N(CCOC(C)C)C(=O)C(C)(C)O3)C2CC2)C1.CCOCC(C)CC(C)C. The van der Waals surface area contributed by atoms with Crippen molar-refractivity contribution < 1.29 is 28.6 Å². The molecule has 2 aliphatic heterocycles. The normalized spacial score (nSPS) is 21.7. The molecule has 9 nitrogen and oxygen atoms in total. The number of hydrogen-bond donors (Lipinski definition) is 1. The lowest BCUT2D eigenvalue weighted by Gasteiger charge is -2.39. The summed E-state index contributed by atoms with van der Waals surface area (Å²) in [7, 11) is 0. The largest absolute Gasteiger partial charge is 0.476 e. The Kier molecular flexibility index (Phi) is 13.2. The van der Waals surface area contributed by atoms with Crippen molar-refractivity contribution in [2.75, 3.05) is 49.3 Å². The molecule has 0 bridgehead atoms. The molecule has 1 saturated carbocycles. The molecule has 1 aromatic rings. The van der Waals surface area contributed by atoms with Gasteiger partial charge in [-0.3, -0.25) is 14.4 Å². The number of anilines is 2. The molecule has 1 aromatic carbocycles. The topological polar surface area (TPSA) is 97.4 Å². The third-order valence-electron chi connectivity index (χ3n) is 8.31. The van der Waals surface area contributed by atoms with Crippen LogP contribution in [0.2, 0.25) is 0 Å². The number of fused-ring (bicyclic) bond motifs is 1. The van der Waals surface area contributed by atoms with E-state index < -0.39 is 5.60 Å². The van der Waals surface area contributed by atoms with Crippen LogP contribution in [0.3, 0.4) is 0 Å². The number of hydrogen-bond acceptors (Lipinski definition) is 7. The number of carbonyl (C=O) groups is 3. The fourth-order valence-corrected chi connectivity index (χ4v) is 5.99. The number of ether oxygens (including phenoxy) is 3. The molecule has 3 atom stereocenters. The number of nitrogens with zero attached hydrogens (tertiary/aromatic N) is 2. The van der Waals surface area contributed by atoms with Crippen molar-refractivity contribution in [3.63, 3.8) is 0 Å². The maximum Gasteiger partial charge on any atom is 0.270 e. The van der Waals surface area contributed by atoms with Crippen molar-refractivity contribution in [1.29, 1.82) is 0 Å². The van der Waals surface area contributed by atoms with Crippen LogP contribution in [0.4, 0.5) is 11.4 Å². The second kappa shape index (κ2) is 16.2. The maximum absolute atomic E-state index is 13.7. The molecule has 44 heavy (non-hydrogen) atoms. The van der Waals surface area contributed by atoms with Crippen LogP contribution in [0.1, 0.15) is 88.0 Å². The molecule has 1 aliphatic carbocycles. The van der Waals surface area contributed by atoms with Crippen LogP contribution < -0.4 is 19.9 Å². The second-order valence-electron chi connectivity index (χ2n) is 13.9. The van der Waals surface area contributed by atoms with Gasteiger partial charge in [0.25, 0.3) is 5.91 Å². The Labute approximate surface area is 265 Å². The lowest BCUT2D eigenvalue weighted by Crippen LogP contribution is -2.53. The number of Topliss-reactive ketones (excluding diaryl/α,β-unsaturated/α-hetero) is 1. The standard InChI is InChI=1S/C26H37N3O5.C9H20O/c1-16(2)33-11-10-28-22-13-21(8-9-23(22)34-26(4,5)25(28)32)29(20-6-7-20)24(31)19-12-18(17(3)30)14-27-15-19;1-5-10-7-9(4)6-8(2)3/h8-9,13,16,18-20,27H,6-7,10-12,14-15H2,1-5H3;8-9H,5-7H2,1-4H3/t18-,19+;/m0./s1. The van der Waals surface area contributed by atoms with Crippen molar-refractivity contribution in [2.24, 2.45) is 23.7 Å². The smallest absolute Gasteiger partial charge is 0.270 e. The van der Waals surface area contributed by atoms with Gasteiger partial charge in [0, 0.05) is 50.5 Å². The number of rotatable bonds is 13. The van der Waals surface area contributed by atoms with Gasteiger partial charge in [-0.05, 0) is 97.3 Å². The molecule has 0 aromatic heterocycles. The van der Waals surface area contributed by atoms with Crippen LogP contribution in [-0.4, -0.2) is 74.8 Å². The summed E-state index contributed by atoms with van der Waals surface area (Å²) < 4.78 is 17.0. The molecule has 1 unspecified atom stereocenters. The highest BCUT2D eigenvalue weighted by atomic mass is 16.5. The molecule has 2 amide bonds. The molecule has 4 rings (SSSR count). The summed E-state index contributed by atoms with van der Waals surface area (Å²) in [5, 5.41) is 3.26. The van der Waals surface area contributed by atoms with E-state index in [1.807, 2.05) is 43.9 Å². The van der Waals surface area contributed by atoms with E-state index in [1.54, 1.807) is 25.7 Å². The molecule has 0 spiro atoms. The van der Waals surface area contributed by atoms with E-state index in [9.17, 15) is 14.4 Å². The zero-order chi connectivity index (χ0) is 32.6. The van der Waals surface area contributed by atoms with E-state index >= 15 is 0 Å². The second-order valence-corrected chi connectivity index (χ2v) is 13.9. The zero-order valence-corrected chi connectivity index (χ0v) is 28.6. The monoisotopic (exact) mass is 615 g/mol. The fourth-order valence-electron chi connectivity index (χ4n) is 5.99. The van der Waals surface area contributed by atoms with Crippen molar-refractivity contribution in [2.45, 2.75) is 106 Å². The van der Waals surface area contributed by atoms with Crippen LogP contribution in [0.5, 0.6) is 5.75 Å². The minimum Gasteiger partial charge on any atom is -0.476 e. The Hall–Kier alpha value is -2.49. The van der Waals surface area contributed by atoms with Gasteiger partial charge in [-0.2, -0.15) is 0 Å². The molecule has 9 heteroatoms. The van der Waals surface area contributed by atoms with Gasteiger partial charge in [0.2, 0.25) is 5.91 Å². The predicted octanol–water partition coefficient (Wildman–Crippen LogP) is 5.63. The van der Waals surface area contributed by atoms with Crippen molar-refractivity contribution >= 4 is 29.0 Å². The maximum atomic E-state index is 13.7. The minimum absolute atomic E-state index is 0.0407. The van der Waals surface area contributed by atoms with Crippen LogP contribution >= 0.6 is 0 Å². The number of piperidine rings is 1. The third-order valence-corrected chi connectivity index (χ3v) is 8.31. The number of benzene rings is 1. The number of carbonyl (C=O) groups excluding carboxylic acids is 3. The van der Waals surface area contributed by atoms with E-state index in [0.717, 1.165) is 43.6 Å². The Bertz CT molecular complexity index is 1120. The lowest BCUT2D eigenvalue weighted by atomic mass is 9.87. The summed E-state index contributed by atoms with van der Waals surface area (Å²) in [6.45, 7) is 21.7. The first-order valence-electron chi connectivity index (χ1n) is 16.6. The summed E-state index contributed by atoms with van der Waals surface area (Å²) in [6.07, 6.45) is 3.83. The molecule has 2 fully saturated rings. The summed E-state index contributed by atoms with van der Waals surface area (Å²) in [5.41, 5.74) is 0.450. The number of ketones is 1. The van der Waals surface area contributed by atoms with Crippen molar-refractivity contribution in [3.8, 4) is 5.75 Å². The minimum atomic E-state index is -0.978. The summed E-state index contributed by atoms with van der Waals surface area (Å²) in [6, 6.07) is 5.81. The van der Waals surface area contributed by atoms with Crippen LogP contribution in [0.25, 0.3) is 0 Å². The third kappa shape index (κ3) is 10.0. The fraction of sp³-hybridized carbons (Fsp3) is 0.743. The molecule has 3 aliphatic rings. The van der Waals surface area contributed by atoms with E-state index in [2.05, 4.69) is 26.1 Å². The quantitative estimate of drug-likeness (QED) is 0.307. The van der Waals surface area contributed by atoms with Crippen LogP contribution in [0.15, 0.2) is 18.2 Å². The zero-order valence-electron chi connectivity index (χ0n) is 28.6. The molecular formula is C35H57N3O6. The highest BCUT2D eigenvalue weighted by Crippen LogP contribution is 2.43. The molecular weight excluding hydrogens is 558 g/mol. The van der Waals surface area contributed by atoms with Crippen molar-refractivity contribution in [1.82, 2.24) is 5.32 Å². The highest BCUT2D eigenvalue weighted by Gasteiger charge is 2.43. The summed E-state index contributed by atoms with van der Waals surface area (Å²) in [4.78, 5) is 42.4. The summed E-state index contributed by atoms with van der Waals surface area (Å²) >= 11 is 0. The average molecular weight is 616 g/mol. The Morgan fingerprint density at radius 1 is 1.11 bits per heavy atom. The first-order valence-corrected chi connectivity index (χ1v) is 16.6. The highest BCUT2D eigenvalue weighted by molar-refractivity contribution is 6.04. The van der Waals surface area contributed by atoms with Gasteiger partial charge in [-0.1, -0.05) is 20.8 Å². The van der Waals surface area contributed by atoms with Crippen molar-refractivity contribution in [3.05, 3.63) is 18.2 Å².